The minimum absolute atomic E-state index is 0.660. The van der Waals surface area contributed by atoms with E-state index in [4.69, 9.17) is 0 Å². The summed E-state index contributed by atoms with van der Waals surface area (Å²) < 4.78 is 2.12. The highest BCUT2D eigenvalue weighted by Gasteiger charge is 2.21. The van der Waals surface area contributed by atoms with E-state index in [0.29, 0.717) is 18.2 Å². The Bertz CT molecular complexity index is 887. The number of fused-ring (bicyclic) bond motifs is 1. The van der Waals surface area contributed by atoms with Gasteiger partial charge in [0, 0.05) is 18.8 Å². The highest BCUT2D eigenvalue weighted by atomic mass is 16.6. The third-order valence-corrected chi connectivity index (χ3v) is 3.31. The smallest absolute Gasteiger partial charge is 0.283 e. The largest absolute Gasteiger partial charge is 0.351 e. The zero-order chi connectivity index (χ0) is 18.6. The Kier molecular flexibility index (Phi) is 5.03. The van der Waals surface area contributed by atoms with Crippen LogP contribution in [-0.2, 0) is 7.05 Å². The lowest BCUT2D eigenvalue weighted by molar-refractivity contribution is -0.403. The number of nitro benzene ring substituents is 3. The number of aromatic nitrogens is 1. The highest BCUT2D eigenvalue weighted by molar-refractivity contribution is 5.79. The summed E-state index contributed by atoms with van der Waals surface area (Å²) in [5, 5.41) is 32.2. The van der Waals surface area contributed by atoms with E-state index in [1.165, 1.54) is 10.9 Å². The number of aryl methyl sites for hydroxylation is 1. The molecule has 0 aliphatic rings. The molecule has 0 aliphatic heterocycles. The van der Waals surface area contributed by atoms with E-state index in [1.54, 1.807) is 0 Å². The van der Waals surface area contributed by atoms with Crippen molar-refractivity contribution in [1.29, 1.82) is 0 Å². The van der Waals surface area contributed by atoms with Crippen molar-refractivity contribution in [3.63, 3.8) is 0 Å². The fraction of sp³-hybridized carbons (Fsp3) is 0.0667. The molecular weight excluding hydrogens is 332 g/mol. The van der Waals surface area contributed by atoms with E-state index in [9.17, 15) is 30.3 Å². The Morgan fingerprint density at radius 3 is 1.60 bits per heavy atom. The van der Waals surface area contributed by atoms with Gasteiger partial charge in [0.05, 0.1) is 33.0 Å². The molecule has 3 rings (SSSR count). The Labute approximate surface area is 140 Å². The first-order chi connectivity index (χ1) is 11.8. The molecular formula is C15H12N4O6. The lowest BCUT2D eigenvalue weighted by Gasteiger charge is -1.93. The monoisotopic (exact) mass is 344 g/mol. The Morgan fingerprint density at radius 1 is 0.760 bits per heavy atom. The topological polar surface area (TPSA) is 134 Å². The van der Waals surface area contributed by atoms with Gasteiger partial charge >= 0.3 is 0 Å². The second-order valence-corrected chi connectivity index (χ2v) is 4.96. The SMILES string of the molecule is Cn1ccc2ccccc21.O=[N+]([O-])c1cc([N+](=O)[O-])cc([N+](=O)[O-])c1. The number of hydrogen-bond donors (Lipinski definition) is 0. The second kappa shape index (κ2) is 7.17. The molecule has 0 unspecified atom stereocenters. The van der Waals surface area contributed by atoms with E-state index < -0.39 is 31.8 Å². The maximum Gasteiger partial charge on any atom is 0.283 e. The van der Waals surface area contributed by atoms with Crippen LogP contribution in [0.15, 0.2) is 54.7 Å². The van der Waals surface area contributed by atoms with Crippen molar-refractivity contribution in [2.45, 2.75) is 0 Å². The molecule has 0 atom stereocenters. The molecule has 10 heteroatoms. The summed E-state index contributed by atoms with van der Waals surface area (Å²) >= 11 is 0. The summed E-state index contributed by atoms with van der Waals surface area (Å²) in [6, 6.07) is 12.5. The summed E-state index contributed by atoms with van der Waals surface area (Å²) in [6.45, 7) is 0. The van der Waals surface area contributed by atoms with E-state index in [0.717, 1.165) is 0 Å². The van der Waals surface area contributed by atoms with Crippen LogP contribution in [0.2, 0.25) is 0 Å². The minimum atomic E-state index is -0.931. The fourth-order valence-corrected chi connectivity index (χ4v) is 2.12. The lowest BCUT2D eigenvalue weighted by Crippen LogP contribution is -1.96. The standard InChI is InChI=1S/C9H9N.C6H3N3O6/c1-10-7-6-8-4-2-3-5-9(8)10;10-7(11)4-1-5(8(12)13)3-6(2-4)9(14)15/h2-7H,1H3;1-3H. The van der Waals surface area contributed by atoms with Gasteiger partial charge in [-0.25, -0.2) is 0 Å². The van der Waals surface area contributed by atoms with Crippen LogP contribution in [0.5, 0.6) is 0 Å². The van der Waals surface area contributed by atoms with Crippen molar-refractivity contribution >= 4 is 28.0 Å². The maximum absolute atomic E-state index is 10.3. The first-order valence-corrected chi connectivity index (χ1v) is 6.88. The minimum Gasteiger partial charge on any atom is -0.351 e. The zero-order valence-electron chi connectivity index (χ0n) is 12.9. The zero-order valence-corrected chi connectivity index (χ0v) is 12.9. The number of rotatable bonds is 3. The Balaban J connectivity index is 0.000000194. The van der Waals surface area contributed by atoms with Gasteiger partial charge in [0.25, 0.3) is 17.1 Å². The summed E-state index contributed by atoms with van der Waals surface area (Å²) in [5.41, 5.74) is -0.759. The normalized spacial score (nSPS) is 9.96. The molecule has 0 amide bonds. The molecule has 0 radical (unpaired) electrons. The molecule has 0 saturated carbocycles. The van der Waals surface area contributed by atoms with Gasteiger partial charge in [0.1, 0.15) is 0 Å². The van der Waals surface area contributed by atoms with E-state index in [-0.39, 0.29) is 0 Å². The summed E-state index contributed by atoms with van der Waals surface area (Å²) in [5.74, 6) is 0. The van der Waals surface area contributed by atoms with Crippen LogP contribution in [0.4, 0.5) is 17.1 Å². The van der Waals surface area contributed by atoms with Crippen LogP contribution < -0.4 is 0 Å². The average molecular weight is 344 g/mol. The van der Waals surface area contributed by atoms with Crippen LogP contribution in [0.25, 0.3) is 10.9 Å². The average Bonchev–Trinajstić information content (AvgIpc) is 2.96. The van der Waals surface area contributed by atoms with Gasteiger partial charge in [0.15, 0.2) is 0 Å². The van der Waals surface area contributed by atoms with Crippen molar-refractivity contribution in [2.24, 2.45) is 7.05 Å². The first-order valence-electron chi connectivity index (χ1n) is 6.88. The number of hydrogen-bond acceptors (Lipinski definition) is 6. The number of benzene rings is 2. The van der Waals surface area contributed by atoms with Gasteiger partial charge in [-0.2, -0.15) is 0 Å². The summed E-state index contributed by atoms with van der Waals surface area (Å²) in [7, 11) is 2.06. The van der Waals surface area contributed by atoms with Gasteiger partial charge in [-0.05, 0) is 17.5 Å². The van der Waals surface area contributed by atoms with Crippen LogP contribution in [-0.4, -0.2) is 19.3 Å². The van der Waals surface area contributed by atoms with Crippen LogP contribution >= 0.6 is 0 Å². The quantitative estimate of drug-likeness (QED) is 0.526. The number of nitrogens with zero attached hydrogens (tertiary/aromatic N) is 4. The molecule has 25 heavy (non-hydrogen) atoms. The molecule has 0 saturated heterocycles. The van der Waals surface area contributed by atoms with Crippen molar-refractivity contribution in [3.05, 3.63) is 85.1 Å². The van der Waals surface area contributed by atoms with E-state index >= 15 is 0 Å². The number of non-ortho nitro benzene ring substituents is 3. The van der Waals surface area contributed by atoms with Crippen molar-refractivity contribution in [3.8, 4) is 0 Å². The second-order valence-electron chi connectivity index (χ2n) is 4.96. The maximum atomic E-state index is 10.3. The summed E-state index contributed by atoms with van der Waals surface area (Å²) in [4.78, 5) is 28.1. The molecule has 0 N–H and O–H groups in total. The highest BCUT2D eigenvalue weighted by Crippen LogP contribution is 2.26. The first kappa shape index (κ1) is 17.5. The van der Waals surface area contributed by atoms with E-state index in [2.05, 4.69) is 48.1 Å². The van der Waals surface area contributed by atoms with Gasteiger partial charge in [-0.15, -0.1) is 0 Å². The van der Waals surface area contributed by atoms with Crippen LogP contribution in [0, 0.1) is 30.3 Å². The molecule has 0 aliphatic carbocycles. The predicted octanol–water partition coefficient (Wildman–Crippen LogP) is 3.59. The number of para-hydroxylation sites is 1. The molecule has 0 bridgehead atoms. The van der Waals surface area contributed by atoms with Gasteiger partial charge in [-0.3, -0.25) is 30.3 Å². The molecule has 1 aromatic heterocycles. The molecule has 10 nitrogen and oxygen atoms in total. The van der Waals surface area contributed by atoms with Crippen molar-refractivity contribution in [2.75, 3.05) is 0 Å². The predicted molar refractivity (Wildman–Crippen MR) is 89.3 cm³/mol. The fourth-order valence-electron chi connectivity index (χ4n) is 2.12. The van der Waals surface area contributed by atoms with Crippen LogP contribution in [0.1, 0.15) is 0 Å². The lowest BCUT2D eigenvalue weighted by atomic mass is 10.2. The summed E-state index contributed by atoms with van der Waals surface area (Å²) in [6.07, 6.45) is 2.07. The molecule has 128 valence electrons. The van der Waals surface area contributed by atoms with Gasteiger partial charge < -0.3 is 4.57 Å². The van der Waals surface area contributed by atoms with Gasteiger partial charge in [0.2, 0.25) is 0 Å². The van der Waals surface area contributed by atoms with Gasteiger partial charge in [-0.1, -0.05) is 18.2 Å². The van der Waals surface area contributed by atoms with E-state index in [1.807, 2.05) is 0 Å². The molecule has 2 aromatic carbocycles. The Hall–Kier alpha value is -3.82. The number of nitro groups is 3. The third-order valence-electron chi connectivity index (χ3n) is 3.31. The molecule has 0 spiro atoms. The Morgan fingerprint density at radius 2 is 1.20 bits per heavy atom. The third kappa shape index (κ3) is 4.13. The van der Waals surface area contributed by atoms with Crippen molar-refractivity contribution < 1.29 is 14.8 Å². The van der Waals surface area contributed by atoms with Crippen molar-refractivity contribution in [1.82, 2.24) is 4.57 Å². The molecule has 0 fully saturated rings. The molecule has 1 heterocycles. The van der Waals surface area contributed by atoms with Crippen LogP contribution in [0.3, 0.4) is 0 Å². The molecule has 3 aromatic rings.